The lowest BCUT2D eigenvalue weighted by Crippen LogP contribution is -2.30. The monoisotopic (exact) mass is 384 g/mol. The first-order chi connectivity index (χ1) is 13.0. The minimum absolute atomic E-state index is 0.0477. The minimum Gasteiger partial charge on any atom is -0.496 e. The molecule has 6 nitrogen and oxygen atoms in total. The van der Waals surface area contributed by atoms with Gasteiger partial charge in [-0.25, -0.2) is 0 Å². The van der Waals surface area contributed by atoms with Crippen molar-refractivity contribution in [2.45, 2.75) is 31.6 Å². The van der Waals surface area contributed by atoms with E-state index in [-0.39, 0.29) is 23.1 Å². The highest BCUT2D eigenvalue weighted by Crippen LogP contribution is 2.50. The van der Waals surface area contributed by atoms with Crippen LogP contribution in [0, 0.1) is 10.1 Å². The maximum absolute atomic E-state index is 12.7. The summed E-state index contributed by atoms with van der Waals surface area (Å²) in [5, 5.41) is 15.1. The molecule has 27 heavy (non-hydrogen) atoms. The standard InChI is InChI=1S/C20H20N2O4S/c1-11(26-2)13-7-6-12(10-16(13)22(24)25)18-19-14(4-3-5-17(19)23)21-15-8-9-27-20(15)18/h6-7,10,18,21H,1,3-5,8-9H2,2H3. The van der Waals surface area contributed by atoms with Crippen LogP contribution in [0.3, 0.4) is 0 Å². The van der Waals surface area contributed by atoms with Crippen molar-refractivity contribution in [3.05, 3.63) is 67.9 Å². The van der Waals surface area contributed by atoms with Gasteiger partial charge in [0, 0.05) is 46.0 Å². The molecular weight excluding hydrogens is 364 g/mol. The van der Waals surface area contributed by atoms with E-state index in [0.717, 1.165) is 52.5 Å². The van der Waals surface area contributed by atoms with Gasteiger partial charge >= 0.3 is 0 Å². The molecule has 0 fully saturated rings. The van der Waals surface area contributed by atoms with Gasteiger partial charge in [-0.05, 0) is 30.9 Å². The highest BCUT2D eigenvalue weighted by atomic mass is 32.2. The number of hydrogen-bond acceptors (Lipinski definition) is 6. The van der Waals surface area contributed by atoms with Crippen LogP contribution in [0.25, 0.3) is 5.76 Å². The number of dihydropyridines is 1. The number of nitro groups is 1. The van der Waals surface area contributed by atoms with Crippen molar-refractivity contribution in [2.24, 2.45) is 0 Å². The summed E-state index contributed by atoms with van der Waals surface area (Å²) in [7, 11) is 1.44. The number of rotatable bonds is 4. The average molecular weight is 384 g/mol. The Morgan fingerprint density at radius 1 is 1.33 bits per heavy atom. The summed E-state index contributed by atoms with van der Waals surface area (Å²) in [6.45, 7) is 3.75. The zero-order chi connectivity index (χ0) is 19.1. The number of thioether (sulfide) groups is 1. The zero-order valence-corrected chi connectivity index (χ0v) is 15.9. The van der Waals surface area contributed by atoms with E-state index in [9.17, 15) is 14.9 Å². The number of ketones is 1. The number of Topliss-reactive ketones (excluding diaryl/α,β-unsaturated/α-hetero) is 1. The molecule has 7 heteroatoms. The highest BCUT2D eigenvalue weighted by molar-refractivity contribution is 8.03. The van der Waals surface area contributed by atoms with Gasteiger partial charge in [-0.3, -0.25) is 14.9 Å². The van der Waals surface area contributed by atoms with E-state index in [1.807, 2.05) is 6.07 Å². The molecule has 2 heterocycles. The van der Waals surface area contributed by atoms with Gasteiger partial charge in [0.05, 0.1) is 17.6 Å². The Hall–Kier alpha value is -2.54. The molecule has 2 aliphatic heterocycles. The van der Waals surface area contributed by atoms with E-state index in [2.05, 4.69) is 11.9 Å². The first-order valence-electron chi connectivity index (χ1n) is 8.92. The number of hydrogen-bond donors (Lipinski definition) is 1. The summed E-state index contributed by atoms with van der Waals surface area (Å²) in [6.07, 6.45) is 3.16. The Morgan fingerprint density at radius 2 is 2.15 bits per heavy atom. The van der Waals surface area contributed by atoms with Crippen LogP contribution in [0.15, 0.2) is 46.7 Å². The zero-order valence-electron chi connectivity index (χ0n) is 15.0. The van der Waals surface area contributed by atoms with Crippen molar-refractivity contribution in [3.63, 3.8) is 0 Å². The summed E-state index contributed by atoms with van der Waals surface area (Å²) in [6, 6.07) is 5.11. The van der Waals surface area contributed by atoms with Crippen molar-refractivity contribution < 1.29 is 14.5 Å². The maximum atomic E-state index is 12.7. The number of carbonyl (C=O) groups is 1. The first-order valence-corrected chi connectivity index (χ1v) is 9.90. The number of allylic oxidation sites excluding steroid dienone is 4. The minimum atomic E-state index is -0.417. The molecule has 140 valence electrons. The predicted octanol–water partition coefficient (Wildman–Crippen LogP) is 4.25. The molecule has 1 atom stereocenters. The molecule has 0 saturated heterocycles. The van der Waals surface area contributed by atoms with Crippen molar-refractivity contribution in [1.29, 1.82) is 0 Å². The SMILES string of the molecule is C=C(OC)c1ccc(C2C3=C(CCS3)NC3=C2C(=O)CCC3)cc1[N+](=O)[O-]. The van der Waals surface area contributed by atoms with E-state index >= 15 is 0 Å². The Labute approximate surface area is 161 Å². The molecule has 1 aliphatic carbocycles. The fourth-order valence-electron chi connectivity index (χ4n) is 4.04. The smallest absolute Gasteiger partial charge is 0.280 e. The first kappa shape index (κ1) is 17.9. The summed E-state index contributed by atoms with van der Waals surface area (Å²) in [4.78, 5) is 25.1. The quantitative estimate of drug-likeness (QED) is 0.475. The summed E-state index contributed by atoms with van der Waals surface area (Å²) in [5.41, 5.74) is 4.02. The molecule has 1 unspecified atom stereocenters. The molecular formula is C20H20N2O4S. The van der Waals surface area contributed by atoms with Crippen molar-refractivity contribution in [1.82, 2.24) is 5.32 Å². The Bertz CT molecular complexity index is 932. The fraction of sp³-hybridized carbons (Fsp3) is 0.350. The fourth-order valence-corrected chi connectivity index (χ4v) is 5.31. The van der Waals surface area contributed by atoms with Crippen LogP contribution in [0.1, 0.15) is 42.7 Å². The molecule has 1 aromatic carbocycles. The lowest BCUT2D eigenvalue weighted by atomic mass is 9.79. The second-order valence-corrected chi connectivity index (χ2v) is 7.97. The van der Waals surface area contributed by atoms with Crippen LogP contribution in [0.5, 0.6) is 0 Å². The van der Waals surface area contributed by atoms with Crippen molar-refractivity contribution in [3.8, 4) is 0 Å². The van der Waals surface area contributed by atoms with Crippen LogP contribution in [-0.2, 0) is 9.53 Å². The topological polar surface area (TPSA) is 81.5 Å². The van der Waals surface area contributed by atoms with E-state index in [0.29, 0.717) is 12.0 Å². The van der Waals surface area contributed by atoms with Gasteiger partial charge in [-0.2, -0.15) is 0 Å². The lowest BCUT2D eigenvalue weighted by Gasteiger charge is -2.33. The van der Waals surface area contributed by atoms with Crippen molar-refractivity contribution in [2.75, 3.05) is 12.9 Å². The molecule has 0 amide bonds. The van der Waals surface area contributed by atoms with Crippen LogP contribution in [-0.4, -0.2) is 23.6 Å². The van der Waals surface area contributed by atoms with E-state index in [1.54, 1.807) is 23.9 Å². The number of nitro benzene ring substituents is 1. The Balaban J connectivity index is 1.87. The number of nitrogens with one attached hydrogen (secondary N) is 1. The van der Waals surface area contributed by atoms with Crippen LogP contribution >= 0.6 is 11.8 Å². The Morgan fingerprint density at radius 3 is 2.89 bits per heavy atom. The highest BCUT2D eigenvalue weighted by Gasteiger charge is 2.39. The van der Waals surface area contributed by atoms with E-state index in [1.165, 1.54) is 7.11 Å². The maximum Gasteiger partial charge on any atom is 0.280 e. The summed E-state index contributed by atoms with van der Waals surface area (Å²) >= 11 is 1.73. The number of benzene rings is 1. The molecule has 0 radical (unpaired) electrons. The number of carbonyl (C=O) groups excluding carboxylic acids is 1. The van der Waals surface area contributed by atoms with Gasteiger partial charge in [-0.1, -0.05) is 12.6 Å². The van der Waals surface area contributed by atoms with Crippen LogP contribution in [0.4, 0.5) is 5.69 Å². The van der Waals surface area contributed by atoms with Crippen LogP contribution in [0.2, 0.25) is 0 Å². The molecule has 0 bridgehead atoms. The van der Waals surface area contributed by atoms with Gasteiger partial charge < -0.3 is 10.1 Å². The molecule has 4 rings (SSSR count). The normalized spacial score (nSPS) is 21.5. The van der Waals surface area contributed by atoms with Gasteiger partial charge in [-0.15, -0.1) is 11.8 Å². The van der Waals surface area contributed by atoms with Crippen molar-refractivity contribution >= 4 is 29.0 Å². The molecule has 3 aliphatic rings. The third-order valence-corrected chi connectivity index (χ3v) is 6.52. The third kappa shape index (κ3) is 2.96. The van der Waals surface area contributed by atoms with E-state index < -0.39 is 4.92 Å². The molecule has 0 aromatic heterocycles. The van der Waals surface area contributed by atoms with E-state index in [4.69, 9.17) is 4.74 Å². The number of methoxy groups -OCH3 is 1. The molecule has 1 aromatic rings. The number of ether oxygens (including phenoxy) is 1. The second kappa shape index (κ2) is 6.88. The molecule has 0 spiro atoms. The molecule has 0 saturated carbocycles. The predicted molar refractivity (Wildman–Crippen MR) is 105 cm³/mol. The largest absolute Gasteiger partial charge is 0.496 e. The third-order valence-electron chi connectivity index (χ3n) is 5.31. The summed E-state index contributed by atoms with van der Waals surface area (Å²) < 4.78 is 5.10. The van der Waals surface area contributed by atoms with Gasteiger partial charge in [0.15, 0.2) is 5.78 Å². The summed E-state index contributed by atoms with van der Waals surface area (Å²) in [5.74, 6) is 1.13. The van der Waals surface area contributed by atoms with Crippen LogP contribution < -0.4 is 5.32 Å². The second-order valence-electron chi connectivity index (χ2n) is 6.83. The number of nitrogens with zero attached hydrogens (tertiary/aromatic N) is 1. The van der Waals surface area contributed by atoms with Gasteiger partial charge in [0.25, 0.3) is 5.69 Å². The van der Waals surface area contributed by atoms with Gasteiger partial charge in [0.2, 0.25) is 0 Å². The Kier molecular flexibility index (Phi) is 4.55. The average Bonchev–Trinajstić information content (AvgIpc) is 3.13. The van der Waals surface area contributed by atoms with Gasteiger partial charge in [0.1, 0.15) is 5.76 Å². The lowest BCUT2D eigenvalue weighted by molar-refractivity contribution is -0.385. The molecule has 1 N–H and O–H groups in total.